The molecule has 0 bridgehead atoms. The fourth-order valence-electron chi connectivity index (χ4n) is 1.85. The molecular formula is C15H17ClN4. The van der Waals surface area contributed by atoms with E-state index in [2.05, 4.69) is 30.3 Å². The third-order valence-electron chi connectivity index (χ3n) is 3.27. The van der Waals surface area contributed by atoms with Crippen LogP contribution in [-0.2, 0) is 6.54 Å². The van der Waals surface area contributed by atoms with Crippen LogP contribution in [0.15, 0.2) is 30.5 Å². The molecule has 0 aliphatic carbocycles. The molecule has 1 heterocycles. The fraction of sp³-hybridized carbons (Fsp3) is 0.333. The van der Waals surface area contributed by atoms with E-state index in [1.807, 2.05) is 16.9 Å². The van der Waals surface area contributed by atoms with Crippen LogP contribution in [0.2, 0.25) is 5.02 Å². The van der Waals surface area contributed by atoms with Gasteiger partial charge in [-0.15, -0.1) is 0 Å². The summed E-state index contributed by atoms with van der Waals surface area (Å²) in [6.45, 7) is 4.84. The second kappa shape index (κ2) is 6.44. The number of aromatic nitrogens is 2. The van der Waals surface area contributed by atoms with Crippen molar-refractivity contribution in [3.8, 4) is 6.07 Å². The van der Waals surface area contributed by atoms with E-state index >= 15 is 0 Å². The number of nitrogens with one attached hydrogen (secondary N) is 1. The molecule has 104 valence electrons. The van der Waals surface area contributed by atoms with Gasteiger partial charge in [-0.3, -0.25) is 4.68 Å². The molecule has 20 heavy (non-hydrogen) atoms. The van der Waals surface area contributed by atoms with Crippen molar-refractivity contribution < 1.29 is 0 Å². The molecule has 0 radical (unpaired) electrons. The van der Waals surface area contributed by atoms with Gasteiger partial charge in [-0.1, -0.05) is 18.5 Å². The highest BCUT2D eigenvalue weighted by Gasteiger charge is 2.06. The lowest BCUT2D eigenvalue weighted by Crippen LogP contribution is -2.07. The summed E-state index contributed by atoms with van der Waals surface area (Å²) in [5, 5.41) is 17.4. The molecule has 0 fully saturated rings. The van der Waals surface area contributed by atoms with E-state index in [1.54, 1.807) is 18.2 Å². The van der Waals surface area contributed by atoms with Crippen LogP contribution in [0, 0.1) is 11.3 Å². The molecule has 4 nitrogen and oxygen atoms in total. The fourth-order valence-corrected chi connectivity index (χ4v) is 2.02. The van der Waals surface area contributed by atoms with Crippen molar-refractivity contribution in [3.63, 3.8) is 0 Å². The number of hydrogen-bond donors (Lipinski definition) is 1. The van der Waals surface area contributed by atoms with Crippen LogP contribution >= 0.6 is 11.6 Å². The van der Waals surface area contributed by atoms with Gasteiger partial charge in [0.15, 0.2) is 0 Å². The van der Waals surface area contributed by atoms with Crippen LogP contribution in [0.5, 0.6) is 0 Å². The average Bonchev–Trinajstić information content (AvgIpc) is 2.93. The van der Waals surface area contributed by atoms with E-state index in [0.29, 0.717) is 23.2 Å². The third-order valence-corrected chi connectivity index (χ3v) is 3.50. The molecule has 0 aliphatic heterocycles. The summed E-state index contributed by atoms with van der Waals surface area (Å²) in [7, 11) is 0. The molecule has 2 rings (SSSR count). The van der Waals surface area contributed by atoms with E-state index < -0.39 is 0 Å². The Morgan fingerprint density at radius 1 is 1.45 bits per heavy atom. The minimum atomic E-state index is 0.393. The molecule has 0 aliphatic rings. The van der Waals surface area contributed by atoms with Gasteiger partial charge < -0.3 is 5.32 Å². The summed E-state index contributed by atoms with van der Waals surface area (Å²) in [6, 6.07) is 9.70. The van der Waals surface area contributed by atoms with Gasteiger partial charge in [0.25, 0.3) is 0 Å². The van der Waals surface area contributed by atoms with Crippen LogP contribution < -0.4 is 5.32 Å². The Morgan fingerprint density at radius 3 is 2.95 bits per heavy atom. The lowest BCUT2D eigenvalue weighted by molar-refractivity contribution is 0.474. The molecule has 0 amide bonds. The number of benzene rings is 1. The lowest BCUT2D eigenvalue weighted by atomic mass is 10.2. The molecule has 0 saturated carbocycles. The second-order valence-electron chi connectivity index (χ2n) is 4.70. The standard InChI is InChI=1S/C15H17ClN4/c1-3-11(2)20-7-6-14(19-20)10-18-15-8-13(16)5-4-12(15)9-17/h4-8,11,18H,3,10H2,1-2H3. The Morgan fingerprint density at radius 2 is 2.25 bits per heavy atom. The smallest absolute Gasteiger partial charge is 0.101 e. The summed E-state index contributed by atoms with van der Waals surface area (Å²) < 4.78 is 1.96. The summed E-state index contributed by atoms with van der Waals surface area (Å²) >= 11 is 5.95. The number of hydrogen-bond acceptors (Lipinski definition) is 3. The van der Waals surface area contributed by atoms with Gasteiger partial charge in [0.05, 0.1) is 23.5 Å². The van der Waals surface area contributed by atoms with Gasteiger partial charge >= 0.3 is 0 Å². The Bertz CT molecular complexity index is 627. The van der Waals surface area contributed by atoms with Gasteiger partial charge in [0, 0.05) is 17.3 Å². The van der Waals surface area contributed by atoms with Gasteiger partial charge in [0.2, 0.25) is 0 Å². The summed E-state index contributed by atoms with van der Waals surface area (Å²) in [6.07, 6.45) is 3.02. The minimum absolute atomic E-state index is 0.393. The zero-order chi connectivity index (χ0) is 14.5. The van der Waals surface area contributed by atoms with Crippen molar-refractivity contribution in [2.24, 2.45) is 0 Å². The number of rotatable bonds is 5. The number of nitriles is 1. The van der Waals surface area contributed by atoms with E-state index in [-0.39, 0.29) is 0 Å². The van der Waals surface area contributed by atoms with Crippen molar-refractivity contribution in [3.05, 3.63) is 46.7 Å². The average molecular weight is 289 g/mol. The van der Waals surface area contributed by atoms with Crippen LogP contribution in [-0.4, -0.2) is 9.78 Å². The number of anilines is 1. The minimum Gasteiger partial charge on any atom is -0.378 e. The van der Waals surface area contributed by atoms with E-state index in [1.165, 1.54) is 0 Å². The van der Waals surface area contributed by atoms with E-state index in [9.17, 15) is 0 Å². The highest BCUT2D eigenvalue weighted by molar-refractivity contribution is 6.30. The monoisotopic (exact) mass is 288 g/mol. The Hall–Kier alpha value is -1.99. The molecule has 1 aromatic heterocycles. The zero-order valence-corrected chi connectivity index (χ0v) is 12.4. The van der Waals surface area contributed by atoms with Crippen molar-refractivity contribution in [2.75, 3.05) is 5.32 Å². The largest absolute Gasteiger partial charge is 0.378 e. The highest BCUT2D eigenvalue weighted by atomic mass is 35.5. The Kier molecular flexibility index (Phi) is 4.65. The summed E-state index contributed by atoms with van der Waals surface area (Å²) in [5.41, 5.74) is 2.25. The first kappa shape index (κ1) is 14.4. The maximum absolute atomic E-state index is 9.06. The van der Waals surface area contributed by atoms with Crippen LogP contribution in [0.4, 0.5) is 5.69 Å². The molecule has 1 unspecified atom stereocenters. The predicted octanol–water partition coefficient (Wildman–Crippen LogP) is 3.99. The van der Waals surface area contributed by atoms with E-state index in [4.69, 9.17) is 16.9 Å². The molecule has 0 saturated heterocycles. The molecule has 0 spiro atoms. The van der Waals surface area contributed by atoms with Crippen molar-refractivity contribution >= 4 is 17.3 Å². The van der Waals surface area contributed by atoms with Crippen LogP contribution in [0.25, 0.3) is 0 Å². The van der Waals surface area contributed by atoms with Gasteiger partial charge in [-0.25, -0.2) is 0 Å². The van der Waals surface area contributed by atoms with E-state index in [0.717, 1.165) is 17.8 Å². The first-order valence-electron chi connectivity index (χ1n) is 6.61. The lowest BCUT2D eigenvalue weighted by Gasteiger charge is -2.09. The summed E-state index contributed by atoms with van der Waals surface area (Å²) in [5.74, 6) is 0. The molecule has 1 aromatic carbocycles. The molecule has 1 atom stereocenters. The molecule has 5 heteroatoms. The predicted molar refractivity (Wildman–Crippen MR) is 80.7 cm³/mol. The topological polar surface area (TPSA) is 53.6 Å². The zero-order valence-electron chi connectivity index (χ0n) is 11.6. The van der Waals surface area contributed by atoms with Crippen molar-refractivity contribution in [1.82, 2.24) is 9.78 Å². The molecular weight excluding hydrogens is 272 g/mol. The van der Waals surface area contributed by atoms with Gasteiger partial charge in [-0.2, -0.15) is 10.4 Å². The first-order chi connectivity index (χ1) is 9.63. The van der Waals surface area contributed by atoms with Gasteiger partial charge in [-0.05, 0) is 37.6 Å². The second-order valence-corrected chi connectivity index (χ2v) is 5.14. The quantitative estimate of drug-likeness (QED) is 0.905. The van der Waals surface area contributed by atoms with Crippen LogP contribution in [0.1, 0.15) is 37.6 Å². The van der Waals surface area contributed by atoms with Gasteiger partial charge in [0.1, 0.15) is 6.07 Å². The van der Waals surface area contributed by atoms with Crippen molar-refractivity contribution in [2.45, 2.75) is 32.9 Å². The third kappa shape index (κ3) is 3.31. The Labute approximate surface area is 124 Å². The maximum atomic E-state index is 9.06. The summed E-state index contributed by atoms with van der Waals surface area (Å²) in [4.78, 5) is 0. The molecule has 2 aromatic rings. The first-order valence-corrected chi connectivity index (χ1v) is 6.99. The number of nitrogens with zero attached hydrogens (tertiary/aromatic N) is 3. The maximum Gasteiger partial charge on any atom is 0.101 e. The highest BCUT2D eigenvalue weighted by Crippen LogP contribution is 2.21. The van der Waals surface area contributed by atoms with Crippen LogP contribution in [0.3, 0.4) is 0 Å². The molecule has 1 N–H and O–H groups in total. The Balaban J connectivity index is 2.07. The van der Waals surface area contributed by atoms with Crippen molar-refractivity contribution in [1.29, 1.82) is 5.26 Å². The SMILES string of the molecule is CCC(C)n1ccc(CNc2cc(Cl)ccc2C#N)n1. The normalized spacial score (nSPS) is 11.9. The number of halogens is 1.